The van der Waals surface area contributed by atoms with Crippen LogP contribution in [0.3, 0.4) is 0 Å². The first-order chi connectivity index (χ1) is 16.5. The molecule has 0 aliphatic carbocycles. The molecule has 4 aromatic rings. The number of aryl methyl sites for hydroxylation is 1. The van der Waals surface area contributed by atoms with Crippen molar-refractivity contribution in [2.75, 3.05) is 12.9 Å². The molecule has 4 rings (SSSR count). The molecule has 172 valence electrons. The smallest absolute Gasteiger partial charge is 0.266 e. The summed E-state index contributed by atoms with van der Waals surface area (Å²) in [6, 6.07) is 19.6. The number of phenols is 1. The normalized spacial score (nSPS) is 11.1. The van der Waals surface area contributed by atoms with Crippen molar-refractivity contribution in [2.24, 2.45) is 5.10 Å². The molecule has 2 N–H and O–H groups in total. The van der Waals surface area contributed by atoms with E-state index in [1.165, 1.54) is 17.9 Å². The Labute approximate surface area is 199 Å². The molecule has 0 spiro atoms. The standard InChI is InChI=1S/C25H22N4O4S/c1-16-8-3-6-12-20(16)29-24(32)18-10-4-5-11-19(18)27-25(29)34-15-22(30)28-26-14-17-9-7-13-21(33-2)23(17)31/h3-14,31H,15H2,1-2H3,(H,28,30). The molecule has 0 fully saturated rings. The van der Waals surface area contributed by atoms with Crippen molar-refractivity contribution >= 4 is 34.8 Å². The lowest BCUT2D eigenvalue weighted by Crippen LogP contribution is -2.24. The van der Waals surface area contributed by atoms with Crippen LogP contribution in [0.25, 0.3) is 16.6 Å². The maximum Gasteiger partial charge on any atom is 0.266 e. The lowest BCUT2D eigenvalue weighted by molar-refractivity contribution is -0.118. The molecule has 0 aliphatic rings. The highest BCUT2D eigenvalue weighted by Gasteiger charge is 2.16. The summed E-state index contributed by atoms with van der Waals surface area (Å²) in [5.41, 5.74) is 4.81. The number of phenolic OH excluding ortho intramolecular Hbond substituents is 1. The number of carbonyl (C=O) groups is 1. The van der Waals surface area contributed by atoms with Gasteiger partial charge in [0, 0.05) is 5.56 Å². The number of amides is 1. The number of fused-ring (bicyclic) bond motifs is 1. The zero-order chi connectivity index (χ0) is 24.1. The van der Waals surface area contributed by atoms with Crippen molar-refractivity contribution in [3.05, 3.63) is 88.2 Å². The second kappa shape index (κ2) is 10.2. The number of rotatable bonds is 7. The first-order valence-corrected chi connectivity index (χ1v) is 11.4. The minimum absolute atomic E-state index is 0.0158. The van der Waals surface area contributed by atoms with Crippen molar-refractivity contribution in [3.63, 3.8) is 0 Å². The first kappa shape index (κ1) is 23.1. The molecule has 0 radical (unpaired) electrons. The zero-order valence-corrected chi connectivity index (χ0v) is 19.4. The second-order valence-electron chi connectivity index (χ2n) is 7.32. The van der Waals surface area contributed by atoms with E-state index in [4.69, 9.17) is 4.74 Å². The molecule has 1 heterocycles. The fourth-order valence-corrected chi connectivity index (χ4v) is 4.18. The van der Waals surface area contributed by atoms with Gasteiger partial charge < -0.3 is 9.84 Å². The second-order valence-corrected chi connectivity index (χ2v) is 8.26. The van der Waals surface area contributed by atoms with E-state index in [1.54, 1.807) is 36.4 Å². The minimum atomic E-state index is -0.387. The Morgan fingerprint density at radius 1 is 1.15 bits per heavy atom. The van der Waals surface area contributed by atoms with Gasteiger partial charge in [0.15, 0.2) is 16.7 Å². The molecule has 34 heavy (non-hydrogen) atoms. The molecular formula is C25H22N4O4S. The van der Waals surface area contributed by atoms with Crippen LogP contribution in [0.4, 0.5) is 0 Å². The van der Waals surface area contributed by atoms with Crippen LogP contribution >= 0.6 is 11.8 Å². The van der Waals surface area contributed by atoms with Crippen LogP contribution in [0.5, 0.6) is 11.5 Å². The molecule has 0 atom stereocenters. The Bertz CT molecular complexity index is 1450. The Kier molecular flexibility index (Phi) is 6.93. The number of thioether (sulfide) groups is 1. The van der Waals surface area contributed by atoms with Gasteiger partial charge in [-0.1, -0.05) is 48.2 Å². The number of ether oxygens (including phenoxy) is 1. The summed E-state index contributed by atoms with van der Waals surface area (Å²) in [6.45, 7) is 1.92. The summed E-state index contributed by atoms with van der Waals surface area (Å²) in [7, 11) is 1.45. The van der Waals surface area contributed by atoms with Crippen LogP contribution in [0.15, 0.2) is 81.8 Å². The van der Waals surface area contributed by atoms with Gasteiger partial charge in [0.1, 0.15) is 0 Å². The van der Waals surface area contributed by atoms with Gasteiger partial charge in [0.25, 0.3) is 11.5 Å². The summed E-state index contributed by atoms with van der Waals surface area (Å²) < 4.78 is 6.59. The number of hydrogen-bond donors (Lipinski definition) is 2. The van der Waals surface area contributed by atoms with Gasteiger partial charge in [-0.05, 0) is 42.8 Å². The molecule has 0 saturated carbocycles. The number of para-hydroxylation sites is 3. The van der Waals surface area contributed by atoms with E-state index < -0.39 is 0 Å². The highest BCUT2D eigenvalue weighted by atomic mass is 32.2. The van der Waals surface area contributed by atoms with E-state index in [-0.39, 0.29) is 23.0 Å². The Morgan fingerprint density at radius 2 is 1.91 bits per heavy atom. The summed E-state index contributed by atoms with van der Waals surface area (Å²) in [5, 5.41) is 14.9. The average molecular weight is 475 g/mol. The first-order valence-electron chi connectivity index (χ1n) is 10.4. The van der Waals surface area contributed by atoms with Gasteiger partial charge in [0.05, 0.1) is 35.7 Å². The third-order valence-electron chi connectivity index (χ3n) is 5.08. The number of carbonyl (C=O) groups excluding carboxylic acids is 1. The van der Waals surface area contributed by atoms with Crippen molar-refractivity contribution < 1.29 is 14.6 Å². The molecule has 9 heteroatoms. The Balaban J connectivity index is 1.56. The molecule has 3 aromatic carbocycles. The summed E-state index contributed by atoms with van der Waals surface area (Å²) in [4.78, 5) is 30.4. The fraction of sp³-hybridized carbons (Fsp3) is 0.120. The summed E-state index contributed by atoms with van der Waals surface area (Å²) in [6.07, 6.45) is 1.33. The van der Waals surface area contributed by atoms with E-state index in [1.807, 2.05) is 37.3 Å². The molecule has 0 saturated heterocycles. The largest absolute Gasteiger partial charge is 0.504 e. The third-order valence-corrected chi connectivity index (χ3v) is 6.02. The molecule has 0 bridgehead atoms. The molecule has 1 aromatic heterocycles. The molecule has 1 amide bonds. The average Bonchev–Trinajstić information content (AvgIpc) is 2.85. The van der Waals surface area contributed by atoms with Gasteiger partial charge >= 0.3 is 0 Å². The number of methoxy groups -OCH3 is 1. The topological polar surface area (TPSA) is 106 Å². The molecular weight excluding hydrogens is 452 g/mol. The predicted molar refractivity (Wildman–Crippen MR) is 133 cm³/mol. The van der Waals surface area contributed by atoms with Crippen LogP contribution < -0.4 is 15.7 Å². The fourth-order valence-electron chi connectivity index (χ4n) is 3.38. The van der Waals surface area contributed by atoms with Crippen LogP contribution in [-0.4, -0.2) is 39.6 Å². The van der Waals surface area contributed by atoms with Crippen LogP contribution in [0.2, 0.25) is 0 Å². The summed E-state index contributed by atoms with van der Waals surface area (Å²) >= 11 is 1.14. The monoisotopic (exact) mass is 474 g/mol. The van der Waals surface area contributed by atoms with Gasteiger partial charge in [-0.3, -0.25) is 14.2 Å². The van der Waals surface area contributed by atoms with E-state index in [0.717, 1.165) is 17.3 Å². The number of nitrogens with one attached hydrogen (secondary N) is 1. The van der Waals surface area contributed by atoms with Gasteiger partial charge in [-0.25, -0.2) is 10.4 Å². The predicted octanol–water partition coefficient (Wildman–Crippen LogP) is 3.65. The number of nitrogens with zero attached hydrogens (tertiary/aromatic N) is 3. The van der Waals surface area contributed by atoms with Crippen molar-refractivity contribution in [3.8, 4) is 17.2 Å². The lowest BCUT2D eigenvalue weighted by Gasteiger charge is -2.14. The minimum Gasteiger partial charge on any atom is -0.504 e. The number of aromatic hydroxyl groups is 1. The Hall–Kier alpha value is -4.11. The van der Waals surface area contributed by atoms with Crippen molar-refractivity contribution in [1.82, 2.24) is 15.0 Å². The molecule has 0 aliphatic heterocycles. The van der Waals surface area contributed by atoms with Crippen LogP contribution in [0, 0.1) is 6.92 Å². The van der Waals surface area contributed by atoms with Crippen molar-refractivity contribution in [1.29, 1.82) is 0 Å². The quantitative estimate of drug-likeness (QED) is 0.183. The van der Waals surface area contributed by atoms with Crippen LogP contribution in [-0.2, 0) is 4.79 Å². The zero-order valence-electron chi connectivity index (χ0n) is 18.6. The van der Waals surface area contributed by atoms with Gasteiger partial charge in [-0.2, -0.15) is 5.10 Å². The number of aromatic nitrogens is 2. The van der Waals surface area contributed by atoms with E-state index in [0.29, 0.717) is 33.1 Å². The maximum atomic E-state index is 13.3. The number of benzene rings is 3. The third kappa shape index (κ3) is 4.79. The summed E-state index contributed by atoms with van der Waals surface area (Å²) in [5.74, 6) is -0.164. The van der Waals surface area contributed by atoms with E-state index in [2.05, 4.69) is 15.5 Å². The lowest BCUT2D eigenvalue weighted by atomic mass is 10.2. The van der Waals surface area contributed by atoms with Gasteiger partial charge in [-0.15, -0.1) is 0 Å². The molecule has 8 nitrogen and oxygen atoms in total. The number of hydrazone groups is 1. The van der Waals surface area contributed by atoms with E-state index in [9.17, 15) is 14.7 Å². The highest BCUT2D eigenvalue weighted by Crippen LogP contribution is 2.28. The van der Waals surface area contributed by atoms with Crippen molar-refractivity contribution in [2.45, 2.75) is 12.1 Å². The van der Waals surface area contributed by atoms with E-state index >= 15 is 0 Å². The Morgan fingerprint density at radius 3 is 2.71 bits per heavy atom. The molecule has 0 unspecified atom stereocenters. The SMILES string of the molecule is COc1cccc(C=NNC(=O)CSc2nc3ccccc3c(=O)n2-c2ccccc2C)c1O. The maximum absolute atomic E-state index is 13.3. The van der Waals surface area contributed by atoms with Gasteiger partial charge in [0.2, 0.25) is 0 Å². The number of hydrogen-bond acceptors (Lipinski definition) is 7. The van der Waals surface area contributed by atoms with Crippen LogP contribution in [0.1, 0.15) is 11.1 Å². The highest BCUT2D eigenvalue weighted by molar-refractivity contribution is 7.99.